The second-order valence-electron chi connectivity index (χ2n) is 4.00. The highest BCUT2D eigenvalue weighted by molar-refractivity contribution is 7.99. The molecule has 0 heterocycles. The van der Waals surface area contributed by atoms with Crippen LogP contribution in [-0.2, 0) is 4.79 Å². The maximum atomic E-state index is 13.6. The summed E-state index contributed by atoms with van der Waals surface area (Å²) in [6.45, 7) is 1.41. The van der Waals surface area contributed by atoms with Gasteiger partial charge in [0.15, 0.2) is 5.78 Å². The first kappa shape index (κ1) is 16.5. The van der Waals surface area contributed by atoms with Crippen molar-refractivity contribution in [3.63, 3.8) is 0 Å². The van der Waals surface area contributed by atoms with Crippen molar-refractivity contribution < 1.29 is 32.3 Å². The lowest BCUT2D eigenvalue weighted by molar-refractivity contribution is -0.135. The lowest BCUT2D eigenvalue weighted by atomic mass is 10.1. The molecule has 20 heavy (non-hydrogen) atoms. The van der Waals surface area contributed by atoms with Gasteiger partial charge in [0.2, 0.25) is 0 Å². The molecule has 1 aromatic rings. The summed E-state index contributed by atoms with van der Waals surface area (Å²) in [5.74, 6) is -4.53. The van der Waals surface area contributed by atoms with E-state index >= 15 is 0 Å². The van der Waals surface area contributed by atoms with Gasteiger partial charge in [-0.15, -0.1) is 11.8 Å². The fourth-order valence-electron chi connectivity index (χ4n) is 1.41. The number of halogens is 4. The zero-order valence-electron chi connectivity index (χ0n) is 10.3. The zero-order valence-corrected chi connectivity index (χ0v) is 11.1. The molecule has 110 valence electrons. The Morgan fingerprint density at radius 3 is 2.40 bits per heavy atom. The van der Waals surface area contributed by atoms with Crippen molar-refractivity contribution >= 4 is 23.5 Å². The first-order valence-electron chi connectivity index (χ1n) is 5.35. The van der Waals surface area contributed by atoms with Crippen LogP contribution in [0.3, 0.4) is 0 Å². The third-order valence-corrected chi connectivity index (χ3v) is 3.49. The van der Waals surface area contributed by atoms with E-state index in [0.29, 0.717) is 11.8 Å². The molecule has 0 saturated heterocycles. The lowest BCUT2D eigenvalue weighted by Gasteiger charge is -2.10. The number of thioether (sulfide) groups is 1. The molecule has 3 nitrogen and oxygen atoms in total. The number of aliphatic carboxylic acids is 1. The summed E-state index contributed by atoms with van der Waals surface area (Å²) >= 11 is 0.422. The number of rotatable bonds is 5. The lowest BCUT2D eigenvalue weighted by Crippen LogP contribution is -2.12. The predicted octanol–water partition coefficient (Wildman–Crippen LogP) is 3.45. The maximum absolute atomic E-state index is 13.6. The smallest absolute Gasteiger partial charge is 0.398 e. The van der Waals surface area contributed by atoms with Crippen molar-refractivity contribution in [2.24, 2.45) is 0 Å². The fraction of sp³-hybridized carbons (Fsp3) is 0.333. The minimum atomic E-state index is -4.39. The molecule has 0 fully saturated rings. The van der Waals surface area contributed by atoms with Crippen LogP contribution in [0.4, 0.5) is 17.6 Å². The summed E-state index contributed by atoms with van der Waals surface area (Å²) in [7, 11) is 0. The van der Waals surface area contributed by atoms with Crippen LogP contribution < -0.4 is 0 Å². The number of ketones is 1. The molecule has 0 saturated carbocycles. The van der Waals surface area contributed by atoms with Crippen molar-refractivity contribution in [2.75, 3.05) is 5.75 Å². The average Bonchev–Trinajstić information content (AvgIpc) is 2.25. The van der Waals surface area contributed by atoms with Gasteiger partial charge >= 0.3 is 12.1 Å². The second-order valence-corrected chi connectivity index (χ2v) is 5.01. The molecule has 0 bridgehead atoms. The highest BCUT2D eigenvalue weighted by atomic mass is 32.2. The Morgan fingerprint density at radius 1 is 1.30 bits per heavy atom. The number of alkyl halides is 3. The van der Waals surface area contributed by atoms with Gasteiger partial charge in [-0.1, -0.05) is 0 Å². The molecule has 1 aromatic carbocycles. The number of aryl methyl sites for hydroxylation is 1. The third-order valence-electron chi connectivity index (χ3n) is 2.27. The van der Waals surface area contributed by atoms with Gasteiger partial charge in [0.05, 0.1) is 11.3 Å². The van der Waals surface area contributed by atoms with E-state index in [2.05, 4.69) is 0 Å². The summed E-state index contributed by atoms with van der Waals surface area (Å²) in [5, 5.41) is 8.47. The Labute approximate surface area is 116 Å². The highest BCUT2D eigenvalue weighted by Gasteiger charge is 2.28. The van der Waals surface area contributed by atoms with Crippen molar-refractivity contribution in [1.82, 2.24) is 0 Å². The molecule has 0 amide bonds. The van der Waals surface area contributed by atoms with E-state index in [4.69, 9.17) is 5.11 Å². The van der Waals surface area contributed by atoms with Crippen molar-refractivity contribution in [3.8, 4) is 0 Å². The monoisotopic (exact) mass is 310 g/mol. The van der Waals surface area contributed by atoms with Crippen LogP contribution in [0, 0.1) is 12.7 Å². The molecule has 0 radical (unpaired) electrons. The Hall–Kier alpha value is -1.57. The number of Topliss-reactive ketones (excluding diaryl/α,β-unsaturated/α-hetero) is 1. The summed E-state index contributed by atoms with van der Waals surface area (Å²) < 4.78 is 50.0. The van der Waals surface area contributed by atoms with E-state index in [9.17, 15) is 27.2 Å². The van der Waals surface area contributed by atoms with Crippen LogP contribution in [0.25, 0.3) is 0 Å². The van der Waals surface area contributed by atoms with Gasteiger partial charge in [-0.25, -0.2) is 4.39 Å². The molecule has 0 aliphatic rings. The number of hydrogen-bond donors (Lipinski definition) is 1. The van der Waals surface area contributed by atoms with Crippen molar-refractivity contribution in [1.29, 1.82) is 0 Å². The van der Waals surface area contributed by atoms with Crippen LogP contribution in [0.15, 0.2) is 17.0 Å². The summed E-state index contributed by atoms with van der Waals surface area (Å²) in [6, 6.07) is 1.89. The van der Waals surface area contributed by atoms with Gasteiger partial charge in [0.1, 0.15) is 12.2 Å². The predicted molar refractivity (Wildman–Crippen MR) is 64.5 cm³/mol. The molecule has 0 aliphatic heterocycles. The van der Waals surface area contributed by atoms with Gasteiger partial charge in [-0.05, 0) is 24.6 Å². The Balaban J connectivity index is 3.03. The third kappa shape index (κ3) is 4.84. The topological polar surface area (TPSA) is 54.4 Å². The van der Waals surface area contributed by atoms with E-state index in [1.54, 1.807) is 0 Å². The first-order valence-corrected chi connectivity index (χ1v) is 6.33. The number of hydrogen-bond acceptors (Lipinski definition) is 3. The summed E-state index contributed by atoms with van der Waals surface area (Å²) in [6.07, 6.45) is -5.31. The molecular formula is C12H10F4O3S. The zero-order chi connectivity index (χ0) is 15.5. The molecule has 0 aliphatic carbocycles. The minimum absolute atomic E-state index is 0.0949. The van der Waals surface area contributed by atoms with Crippen LogP contribution in [-0.4, -0.2) is 28.8 Å². The van der Waals surface area contributed by atoms with Crippen molar-refractivity contribution in [2.45, 2.75) is 24.4 Å². The minimum Gasteiger partial charge on any atom is -0.481 e. The molecular weight excluding hydrogens is 300 g/mol. The molecule has 8 heteroatoms. The van der Waals surface area contributed by atoms with E-state index in [1.165, 1.54) is 6.92 Å². The van der Waals surface area contributed by atoms with Gasteiger partial charge < -0.3 is 5.11 Å². The van der Waals surface area contributed by atoms with Gasteiger partial charge in [0.25, 0.3) is 0 Å². The van der Waals surface area contributed by atoms with Crippen LogP contribution in [0.1, 0.15) is 22.3 Å². The van der Waals surface area contributed by atoms with Crippen LogP contribution in [0.5, 0.6) is 0 Å². The molecule has 1 rings (SSSR count). The van der Waals surface area contributed by atoms with Crippen LogP contribution in [0.2, 0.25) is 0 Å². The molecule has 0 unspecified atom stereocenters. The Bertz CT molecular complexity index is 540. The highest BCUT2D eigenvalue weighted by Crippen LogP contribution is 2.31. The molecule has 0 aromatic heterocycles. The Kier molecular flexibility index (Phi) is 5.15. The van der Waals surface area contributed by atoms with E-state index in [1.807, 2.05) is 0 Å². The number of carbonyl (C=O) groups excluding carboxylic acids is 1. The summed E-state index contributed by atoms with van der Waals surface area (Å²) in [4.78, 5) is 22.0. The molecule has 0 atom stereocenters. The number of carbonyl (C=O) groups is 2. The largest absolute Gasteiger partial charge is 0.481 e. The van der Waals surface area contributed by atoms with Gasteiger partial charge in [-0.3, -0.25) is 9.59 Å². The number of carboxylic acid groups (broad SMARTS) is 1. The SMILES string of the molecule is Cc1cc(F)c(C(=O)CC(=O)O)cc1SCC(F)(F)F. The quantitative estimate of drug-likeness (QED) is 0.392. The number of benzene rings is 1. The Morgan fingerprint density at radius 2 is 1.90 bits per heavy atom. The average molecular weight is 310 g/mol. The van der Waals surface area contributed by atoms with E-state index < -0.39 is 41.5 Å². The van der Waals surface area contributed by atoms with Gasteiger partial charge in [0, 0.05) is 4.90 Å². The molecule has 0 spiro atoms. The van der Waals surface area contributed by atoms with Crippen molar-refractivity contribution in [3.05, 3.63) is 29.1 Å². The van der Waals surface area contributed by atoms with Gasteiger partial charge in [-0.2, -0.15) is 13.2 Å². The maximum Gasteiger partial charge on any atom is 0.398 e. The summed E-state index contributed by atoms with van der Waals surface area (Å²) in [5.41, 5.74) is -0.258. The molecule has 1 N–H and O–H groups in total. The van der Waals surface area contributed by atoms with E-state index in [0.717, 1.165) is 12.1 Å². The standard InChI is InChI=1S/C12H10F4O3S/c1-6-2-8(13)7(9(17)4-11(18)19)3-10(6)20-5-12(14,15)16/h2-3H,4-5H2,1H3,(H,18,19). The normalized spacial score (nSPS) is 11.4. The fourth-order valence-corrected chi connectivity index (χ4v) is 2.22. The number of carboxylic acids is 1. The first-order chi connectivity index (χ1) is 9.10. The van der Waals surface area contributed by atoms with Crippen LogP contribution >= 0.6 is 11.8 Å². The van der Waals surface area contributed by atoms with E-state index in [-0.39, 0.29) is 10.5 Å². The second kappa shape index (κ2) is 6.25.